The molecule has 0 aliphatic carbocycles. The van der Waals surface area contributed by atoms with Crippen LogP contribution in [0.15, 0.2) is 23.1 Å². The first-order chi connectivity index (χ1) is 17.1. The van der Waals surface area contributed by atoms with Crippen LogP contribution in [-0.4, -0.2) is 40.8 Å². The highest BCUT2D eigenvalue weighted by atomic mass is 32.2. The molecule has 0 radical (unpaired) electrons. The smallest absolute Gasteiger partial charge is 0.294 e. The molecule has 1 fully saturated rings. The van der Waals surface area contributed by atoms with E-state index in [2.05, 4.69) is 25.7 Å². The average Bonchev–Trinajstić information content (AvgIpc) is 3.12. The molecular weight excluding hydrogens is 490 g/mol. The Kier molecular flexibility index (Phi) is 14.2. The van der Waals surface area contributed by atoms with Crippen LogP contribution in [0.5, 0.6) is 5.75 Å². The fourth-order valence-corrected chi connectivity index (χ4v) is 7.20. The first kappa shape index (κ1) is 31.5. The van der Waals surface area contributed by atoms with Crippen molar-refractivity contribution in [2.24, 2.45) is 0 Å². The van der Waals surface area contributed by atoms with Gasteiger partial charge in [0.05, 0.1) is 10.3 Å². The molecule has 5 nitrogen and oxygen atoms in total. The van der Waals surface area contributed by atoms with E-state index >= 15 is 0 Å². The van der Waals surface area contributed by atoms with Crippen molar-refractivity contribution in [3.63, 3.8) is 0 Å². The van der Waals surface area contributed by atoms with Gasteiger partial charge in [0, 0.05) is 16.9 Å². The highest BCUT2D eigenvalue weighted by Crippen LogP contribution is 2.50. The lowest BCUT2D eigenvalue weighted by Crippen LogP contribution is -2.29. The summed E-state index contributed by atoms with van der Waals surface area (Å²) in [5.74, 6) is 0.0783. The minimum atomic E-state index is -4.30. The van der Waals surface area contributed by atoms with Crippen LogP contribution in [-0.2, 0) is 10.1 Å². The first-order valence-electron chi connectivity index (χ1n) is 14.4. The summed E-state index contributed by atoms with van der Waals surface area (Å²) < 4.78 is 32.7. The number of nitrogens with zero attached hydrogens (tertiary/aromatic N) is 1. The molecule has 0 saturated carbocycles. The lowest BCUT2D eigenvalue weighted by Gasteiger charge is -2.24. The maximum absolute atomic E-state index is 11.6. The summed E-state index contributed by atoms with van der Waals surface area (Å²) >= 11 is 1.74. The number of unbranched alkanes of at least 4 members (excludes halogenated alkanes) is 15. The van der Waals surface area contributed by atoms with E-state index in [0.717, 1.165) is 19.5 Å². The summed E-state index contributed by atoms with van der Waals surface area (Å²) in [5.41, 5.74) is 0.567. The lowest BCUT2D eigenvalue weighted by molar-refractivity contribution is 0.255. The molecule has 1 aliphatic rings. The van der Waals surface area contributed by atoms with Crippen LogP contribution in [0, 0.1) is 0 Å². The van der Waals surface area contributed by atoms with Crippen molar-refractivity contribution in [3.05, 3.63) is 23.8 Å². The second kappa shape index (κ2) is 16.3. The molecule has 2 rings (SSSR count). The predicted molar refractivity (Wildman–Crippen MR) is 153 cm³/mol. The van der Waals surface area contributed by atoms with E-state index in [1.54, 1.807) is 11.8 Å². The van der Waals surface area contributed by atoms with Crippen LogP contribution in [0.25, 0.3) is 0 Å². The summed E-state index contributed by atoms with van der Waals surface area (Å²) in [6.45, 7) is 8.45. The fraction of sp³-hybridized carbons (Fsp3) is 0.793. The molecule has 208 valence electrons. The van der Waals surface area contributed by atoms with E-state index in [1.807, 2.05) is 0 Å². The Morgan fingerprint density at radius 2 is 1.33 bits per heavy atom. The van der Waals surface area contributed by atoms with Gasteiger partial charge in [-0.1, -0.05) is 103 Å². The second-order valence-electron chi connectivity index (χ2n) is 11.2. The van der Waals surface area contributed by atoms with Crippen LogP contribution in [0.3, 0.4) is 0 Å². The summed E-state index contributed by atoms with van der Waals surface area (Å²) in [4.78, 5) is 2.18. The molecule has 0 unspecified atom stereocenters. The summed E-state index contributed by atoms with van der Waals surface area (Å²) in [7, 11) is -4.30. The Morgan fingerprint density at radius 1 is 0.861 bits per heavy atom. The standard InChI is InChI=1S/C29H51NO4S2/c1-4-5-6-7-8-9-10-11-12-13-14-15-16-17-18-19-22-30-24-29(2,3)35-28(30)26-23-25(36(32,33)34)20-21-27(26)31/h20-21,23,28,31H,4-19,22,24H2,1-3H3,(H,32,33,34)/t28-/m0/s1. The molecule has 1 atom stereocenters. The Labute approximate surface area is 225 Å². The maximum Gasteiger partial charge on any atom is 0.294 e. The molecule has 0 amide bonds. The van der Waals surface area contributed by atoms with Gasteiger partial charge in [0.25, 0.3) is 10.1 Å². The van der Waals surface area contributed by atoms with Gasteiger partial charge in [-0.2, -0.15) is 8.42 Å². The van der Waals surface area contributed by atoms with Gasteiger partial charge >= 0.3 is 0 Å². The van der Waals surface area contributed by atoms with Gasteiger partial charge in [-0.15, -0.1) is 11.8 Å². The van der Waals surface area contributed by atoms with Crippen LogP contribution in [0.2, 0.25) is 0 Å². The quantitative estimate of drug-likeness (QED) is 0.135. The summed E-state index contributed by atoms with van der Waals surface area (Å²) in [5, 5.41) is 10.3. The van der Waals surface area contributed by atoms with Gasteiger partial charge in [-0.05, 0) is 45.0 Å². The Hall–Kier alpha value is -0.760. The van der Waals surface area contributed by atoms with Gasteiger partial charge in [-0.25, -0.2) is 0 Å². The van der Waals surface area contributed by atoms with Crippen molar-refractivity contribution in [2.75, 3.05) is 13.1 Å². The summed E-state index contributed by atoms with van der Waals surface area (Å²) in [6, 6.07) is 4.04. The summed E-state index contributed by atoms with van der Waals surface area (Å²) in [6.07, 6.45) is 21.6. The van der Waals surface area contributed by atoms with Crippen LogP contribution in [0.4, 0.5) is 0 Å². The molecule has 1 aromatic carbocycles. The molecule has 1 aliphatic heterocycles. The molecule has 0 spiro atoms. The molecule has 2 N–H and O–H groups in total. The second-order valence-corrected chi connectivity index (χ2v) is 14.4. The topological polar surface area (TPSA) is 77.8 Å². The average molecular weight is 542 g/mol. The van der Waals surface area contributed by atoms with E-state index in [-0.39, 0.29) is 20.8 Å². The molecule has 7 heteroatoms. The SMILES string of the molecule is CCCCCCCCCCCCCCCCCCN1CC(C)(C)S[C@H]1c1cc(S(=O)(=O)O)ccc1O. The van der Waals surface area contributed by atoms with Crippen molar-refractivity contribution in [2.45, 2.75) is 139 Å². The van der Waals surface area contributed by atoms with Gasteiger partial charge in [0.1, 0.15) is 5.75 Å². The minimum absolute atomic E-state index is 0.0141. The third kappa shape index (κ3) is 11.7. The molecule has 1 heterocycles. The molecular formula is C29H51NO4S2. The number of hydrogen-bond acceptors (Lipinski definition) is 5. The monoisotopic (exact) mass is 541 g/mol. The molecule has 1 aromatic rings. The highest BCUT2D eigenvalue weighted by Gasteiger charge is 2.40. The number of phenolic OH excluding ortho intramolecular Hbond substituents is 1. The van der Waals surface area contributed by atoms with Crippen molar-refractivity contribution in [1.82, 2.24) is 4.90 Å². The zero-order chi connectivity index (χ0) is 26.4. The zero-order valence-electron chi connectivity index (χ0n) is 23.0. The van der Waals surface area contributed by atoms with Gasteiger partial charge in [0.2, 0.25) is 0 Å². The van der Waals surface area contributed by atoms with Gasteiger partial charge in [0.15, 0.2) is 0 Å². The van der Waals surface area contributed by atoms with Crippen molar-refractivity contribution >= 4 is 21.9 Å². The van der Waals surface area contributed by atoms with Gasteiger partial charge in [-0.3, -0.25) is 9.45 Å². The number of phenols is 1. The van der Waals surface area contributed by atoms with E-state index in [1.165, 1.54) is 115 Å². The molecule has 0 aromatic heterocycles. The predicted octanol–water partition coefficient (Wildman–Crippen LogP) is 8.73. The van der Waals surface area contributed by atoms with E-state index in [9.17, 15) is 18.1 Å². The number of benzene rings is 1. The Bertz CT molecular complexity index is 857. The molecule has 1 saturated heterocycles. The number of hydrogen-bond donors (Lipinski definition) is 2. The van der Waals surface area contributed by atoms with Crippen LogP contribution >= 0.6 is 11.8 Å². The van der Waals surface area contributed by atoms with Crippen LogP contribution in [0.1, 0.15) is 134 Å². The Morgan fingerprint density at radius 3 is 1.81 bits per heavy atom. The highest BCUT2D eigenvalue weighted by molar-refractivity contribution is 8.01. The minimum Gasteiger partial charge on any atom is -0.508 e. The van der Waals surface area contributed by atoms with Crippen LogP contribution < -0.4 is 0 Å². The van der Waals surface area contributed by atoms with Crippen molar-refractivity contribution in [1.29, 1.82) is 0 Å². The zero-order valence-corrected chi connectivity index (χ0v) is 24.6. The third-order valence-electron chi connectivity index (χ3n) is 7.21. The number of thioether (sulfide) groups is 1. The van der Waals surface area contributed by atoms with E-state index < -0.39 is 10.1 Å². The number of aromatic hydroxyl groups is 1. The molecule has 0 bridgehead atoms. The van der Waals surface area contributed by atoms with Crippen molar-refractivity contribution < 1.29 is 18.1 Å². The van der Waals surface area contributed by atoms with E-state index in [0.29, 0.717) is 5.56 Å². The van der Waals surface area contributed by atoms with Gasteiger partial charge < -0.3 is 5.11 Å². The van der Waals surface area contributed by atoms with Crippen molar-refractivity contribution in [3.8, 4) is 5.75 Å². The van der Waals surface area contributed by atoms with E-state index in [4.69, 9.17) is 0 Å². The number of rotatable bonds is 19. The Balaban J connectivity index is 1.61. The molecule has 36 heavy (non-hydrogen) atoms. The first-order valence-corrected chi connectivity index (χ1v) is 16.7. The lowest BCUT2D eigenvalue weighted by atomic mass is 10.0. The fourth-order valence-electron chi connectivity index (χ4n) is 5.20. The largest absolute Gasteiger partial charge is 0.508 e. The maximum atomic E-state index is 11.6. The normalized spacial score (nSPS) is 18.2. The third-order valence-corrected chi connectivity index (χ3v) is 9.60.